The largest absolute Gasteiger partial charge is 0.493 e. The summed E-state index contributed by atoms with van der Waals surface area (Å²) in [6.45, 7) is 6.38. The third-order valence-corrected chi connectivity index (χ3v) is 5.99. The number of amides is 1. The molecule has 1 atom stereocenters. The molecule has 7 nitrogen and oxygen atoms in total. The number of ether oxygens (including phenoxy) is 1. The van der Waals surface area contributed by atoms with E-state index in [4.69, 9.17) is 9.72 Å². The van der Waals surface area contributed by atoms with E-state index in [0.29, 0.717) is 12.4 Å². The number of carbonyl (C=O) groups excluding carboxylic acids is 1. The van der Waals surface area contributed by atoms with Gasteiger partial charge in [-0.1, -0.05) is 18.7 Å². The first-order valence-corrected chi connectivity index (χ1v) is 10.7. The van der Waals surface area contributed by atoms with Crippen LogP contribution in [0.2, 0.25) is 0 Å². The van der Waals surface area contributed by atoms with E-state index in [1.165, 1.54) is 0 Å². The zero-order valence-corrected chi connectivity index (χ0v) is 18.2. The van der Waals surface area contributed by atoms with E-state index in [0.717, 1.165) is 38.4 Å². The average Bonchev–Trinajstić information content (AvgIpc) is 3.26. The third-order valence-electron chi connectivity index (χ3n) is 4.84. The second-order valence-corrected chi connectivity index (χ2v) is 8.26. The highest BCUT2D eigenvalue weighted by Crippen LogP contribution is 2.35. The minimum atomic E-state index is -0.0758. The molecule has 1 aliphatic heterocycles. The van der Waals surface area contributed by atoms with Gasteiger partial charge in [0.1, 0.15) is 29.0 Å². The SMILES string of the molecule is C=C1OC[C@@H](c2ncc(-c3cccc(Nc4cc(C)ccn4)n3)s2)C=C1CC(=O)NC. The molecule has 0 saturated heterocycles. The molecule has 0 bridgehead atoms. The molecule has 0 aromatic carbocycles. The highest BCUT2D eigenvalue weighted by molar-refractivity contribution is 7.15. The average molecular weight is 434 g/mol. The van der Waals surface area contributed by atoms with Crippen LogP contribution in [0.25, 0.3) is 10.6 Å². The Balaban J connectivity index is 1.53. The Morgan fingerprint density at radius 1 is 1.29 bits per heavy atom. The third kappa shape index (κ3) is 4.97. The molecule has 31 heavy (non-hydrogen) atoms. The van der Waals surface area contributed by atoms with E-state index in [9.17, 15) is 4.79 Å². The molecule has 0 aliphatic carbocycles. The summed E-state index contributed by atoms with van der Waals surface area (Å²) in [7, 11) is 1.62. The lowest BCUT2D eigenvalue weighted by atomic mass is 10.0. The Morgan fingerprint density at radius 2 is 2.16 bits per heavy atom. The first-order chi connectivity index (χ1) is 15.0. The van der Waals surface area contributed by atoms with Gasteiger partial charge >= 0.3 is 0 Å². The molecule has 0 radical (unpaired) electrons. The van der Waals surface area contributed by atoms with Crippen LogP contribution in [0.1, 0.15) is 22.9 Å². The Bertz CT molecular complexity index is 1150. The number of thiazole rings is 1. The number of aromatic nitrogens is 3. The predicted octanol–water partition coefficient (Wildman–Crippen LogP) is 4.34. The molecular weight excluding hydrogens is 410 g/mol. The van der Waals surface area contributed by atoms with Crippen molar-refractivity contribution in [3.8, 4) is 10.6 Å². The van der Waals surface area contributed by atoms with Gasteiger partial charge in [0.25, 0.3) is 0 Å². The number of carbonyl (C=O) groups is 1. The van der Waals surface area contributed by atoms with Crippen molar-refractivity contribution in [2.24, 2.45) is 0 Å². The van der Waals surface area contributed by atoms with Crippen molar-refractivity contribution in [2.45, 2.75) is 19.3 Å². The molecule has 1 aliphatic rings. The first-order valence-electron chi connectivity index (χ1n) is 9.88. The van der Waals surface area contributed by atoms with Crippen molar-refractivity contribution in [3.05, 3.63) is 77.3 Å². The number of allylic oxidation sites excluding steroid dienone is 1. The van der Waals surface area contributed by atoms with Crippen LogP contribution in [-0.4, -0.2) is 34.5 Å². The molecule has 3 aromatic rings. The summed E-state index contributed by atoms with van der Waals surface area (Å²) in [5.74, 6) is 1.91. The van der Waals surface area contributed by atoms with E-state index < -0.39 is 0 Å². The van der Waals surface area contributed by atoms with Crippen LogP contribution in [0.4, 0.5) is 11.6 Å². The summed E-state index contributed by atoms with van der Waals surface area (Å²) < 4.78 is 5.70. The van der Waals surface area contributed by atoms with E-state index in [1.54, 1.807) is 24.6 Å². The van der Waals surface area contributed by atoms with Crippen LogP contribution >= 0.6 is 11.3 Å². The van der Waals surface area contributed by atoms with Gasteiger partial charge < -0.3 is 15.4 Å². The van der Waals surface area contributed by atoms with E-state index >= 15 is 0 Å². The van der Waals surface area contributed by atoms with Gasteiger partial charge in [0.2, 0.25) is 5.91 Å². The predicted molar refractivity (Wildman–Crippen MR) is 122 cm³/mol. The number of nitrogens with one attached hydrogen (secondary N) is 2. The van der Waals surface area contributed by atoms with Crippen LogP contribution in [-0.2, 0) is 9.53 Å². The summed E-state index contributed by atoms with van der Waals surface area (Å²) in [4.78, 5) is 26.3. The number of nitrogens with zero attached hydrogens (tertiary/aromatic N) is 3. The van der Waals surface area contributed by atoms with Gasteiger partial charge in [0.05, 0.1) is 22.9 Å². The van der Waals surface area contributed by atoms with Crippen LogP contribution < -0.4 is 10.6 Å². The van der Waals surface area contributed by atoms with Gasteiger partial charge in [-0.3, -0.25) is 4.79 Å². The molecule has 0 saturated carbocycles. The van der Waals surface area contributed by atoms with E-state index in [2.05, 4.69) is 27.2 Å². The fraction of sp³-hybridized carbons (Fsp3) is 0.217. The maximum absolute atomic E-state index is 11.8. The molecule has 0 spiro atoms. The standard InChI is InChI=1S/C23H23N5O2S/c1-14-7-8-25-21(9-14)28-20-6-4-5-18(27-20)19-12-26-23(31-19)17-10-16(11-22(29)24-3)15(2)30-13-17/h4-10,12,17H,2,11,13H2,1,3H3,(H,24,29)(H,25,27,28)/t17-/m0/s1. The molecule has 4 heterocycles. The molecule has 1 amide bonds. The van der Waals surface area contributed by atoms with Crippen LogP contribution in [0.5, 0.6) is 0 Å². The van der Waals surface area contributed by atoms with Gasteiger partial charge in [-0.15, -0.1) is 11.3 Å². The van der Waals surface area contributed by atoms with Crippen LogP contribution in [0, 0.1) is 6.92 Å². The highest BCUT2D eigenvalue weighted by atomic mass is 32.1. The lowest BCUT2D eigenvalue weighted by Gasteiger charge is -2.22. The monoisotopic (exact) mass is 433 g/mol. The number of aryl methyl sites for hydroxylation is 1. The number of anilines is 2. The minimum absolute atomic E-state index is 0.0262. The summed E-state index contributed by atoms with van der Waals surface area (Å²) in [5.41, 5.74) is 2.75. The first kappa shape index (κ1) is 20.7. The molecule has 2 N–H and O–H groups in total. The van der Waals surface area contributed by atoms with Gasteiger partial charge in [-0.05, 0) is 42.3 Å². The Hall–Kier alpha value is -3.52. The molecule has 4 rings (SSSR count). The Kier molecular flexibility index (Phi) is 6.08. The van der Waals surface area contributed by atoms with Gasteiger partial charge in [-0.25, -0.2) is 15.0 Å². The summed E-state index contributed by atoms with van der Waals surface area (Å²) in [6.07, 6.45) is 5.86. The van der Waals surface area contributed by atoms with Crippen LogP contribution in [0.15, 0.2) is 66.7 Å². The molecule has 0 unspecified atom stereocenters. The fourth-order valence-corrected chi connectivity index (χ4v) is 4.13. The maximum Gasteiger partial charge on any atom is 0.224 e. The zero-order valence-electron chi connectivity index (χ0n) is 17.4. The topological polar surface area (TPSA) is 89.0 Å². The molecular formula is C23H23N5O2S. The lowest BCUT2D eigenvalue weighted by Crippen LogP contribution is -2.21. The van der Waals surface area contributed by atoms with Crippen molar-refractivity contribution in [2.75, 3.05) is 19.0 Å². The van der Waals surface area contributed by atoms with Gasteiger partial charge in [-0.2, -0.15) is 0 Å². The Labute approximate surface area is 184 Å². The molecule has 0 fully saturated rings. The van der Waals surface area contributed by atoms with Crippen molar-refractivity contribution >= 4 is 28.9 Å². The quantitative estimate of drug-likeness (QED) is 0.601. The number of hydrogen-bond donors (Lipinski definition) is 2. The fourth-order valence-electron chi connectivity index (χ4n) is 3.18. The maximum atomic E-state index is 11.8. The summed E-state index contributed by atoms with van der Waals surface area (Å²) >= 11 is 1.57. The van der Waals surface area contributed by atoms with Crippen molar-refractivity contribution in [1.82, 2.24) is 20.3 Å². The number of rotatable bonds is 6. The van der Waals surface area contributed by atoms with Gasteiger partial charge in [0.15, 0.2) is 0 Å². The minimum Gasteiger partial charge on any atom is -0.493 e. The van der Waals surface area contributed by atoms with Crippen molar-refractivity contribution in [3.63, 3.8) is 0 Å². The van der Waals surface area contributed by atoms with E-state index in [1.807, 2.05) is 49.5 Å². The van der Waals surface area contributed by atoms with Crippen LogP contribution in [0.3, 0.4) is 0 Å². The lowest BCUT2D eigenvalue weighted by molar-refractivity contribution is -0.120. The van der Waals surface area contributed by atoms with Crippen molar-refractivity contribution < 1.29 is 9.53 Å². The zero-order chi connectivity index (χ0) is 21.8. The van der Waals surface area contributed by atoms with E-state index in [-0.39, 0.29) is 18.2 Å². The highest BCUT2D eigenvalue weighted by Gasteiger charge is 2.23. The smallest absolute Gasteiger partial charge is 0.224 e. The normalized spacial score (nSPS) is 15.7. The second kappa shape index (κ2) is 9.09. The summed E-state index contributed by atoms with van der Waals surface area (Å²) in [5, 5.41) is 6.79. The van der Waals surface area contributed by atoms with Gasteiger partial charge in [0, 0.05) is 19.4 Å². The molecule has 8 heteroatoms. The number of hydrogen-bond acceptors (Lipinski definition) is 7. The Morgan fingerprint density at radius 3 is 2.97 bits per heavy atom. The summed E-state index contributed by atoms with van der Waals surface area (Å²) in [6, 6.07) is 9.74. The van der Waals surface area contributed by atoms with Crippen molar-refractivity contribution in [1.29, 1.82) is 0 Å². The second-order valence-electron chi connectivity index (χ2n) is 7.20. The molecule has 3 aromatic heterocycles. The molecule has 158 valence electrons. The number of pyridine rings is 2.